The third-order valence-corrected chi connectivity index (χ3v) is 10.8. The van der Waals surface area contributed by atoms with Crippen molar-refractivity contribution in [1.82, 2.24) is 14.8 Å². The van der Waals surface area contributed by atoms with Crippen LogP contribution >= 0.6 is 11.6 Å². The first-order chi connectivity index (χ1) is 16.4. The summed E-state index contributed by atoms with van der Waals surface area (Å²) >= 11 is 5.90. The van der Waals surface area contributed by atoms with Gasteiger partial charge in [0, 0.05) is 37.7 Å². The summed E-state index contributed by atoms with van der Waals surface area (Å²) in [7, 11) is -3.79. The number of sulfone groups is 1. The highest BCUT2D eigenvalue weighted by Crippen LogP contribution is 2.49. The fraction of sp³-hybridized carbons (Fsp3) is 0.500. The molecule has 2 aliphatic rings. The van der Waals surface area contributed by atoms with Gasteiger partial charge in [0.2, 0.25) is 0 Å². The molecule has 9 nitrogen and oxygen atoms in total. The highest BCUT2D eigenvalue weighted by molar-refractivity contribution is 7.94. The van der Waals surface area contributed by atoms with Gasteiger partial charge in [-0.15, -0.1) is 0 Å². The van der Waals surface area contributed by atoms with Gasteiger partial charge >= 0.3 is 0 Å². The normalized spacial score (nSPS) is 18.2. The Morgan fingerprint density at radius 3 is 2.46 bits per heavy atom. The molecule has 11 heteroatoms. The van der Waals surface area contributed by atoms with E-state index >= 15 is 0 Å². The minimum Gasteiger partial charge on any atom is -0.390 e. The minimum atomic E-state index is -3.79. The van der Waals surface area contributed by atoms with E-state index in [-0.39, 0.29) is 31.4 Å². The van der Waals surface area contributed by atoms with Crippen molar-refractivity contribution >= 4 is 33.3 Å². The minimum absolute atomic E-state index is 0.0537. The zero-order valence-corrected chi connectivity index (χ0v) is 21.4. The monoisotopic (exact) mass is 522 g/mol. The first kappa shape index (κ1) is 25.7. The Hall–Kier alpha value is -2.40. The predicted octanol–water partition coefficient (Wildman–Crippen LogP) is 1.57. The third kappa shape index (κ3) is 4.48. The van der Waals surface area contributed by atoms with E-state index in [1.54, 1.807) is 33.7 Å². The molecule has 1 aliphatic carbocycles. The number of aliphatic hydroxyl groups is 1. The van der Waals surface area contributed by atoms with Crippen LogP contribution in [0.3, 0.4) is 0 Å². The average molecular weight is 523 g/mol. The van der Waals surface area contributed by atoms with Crippen molar-refractivity contribution in [3.8, 4) is 0 Å². The number of carbonyl (C=O) groups is 2. The Morgan fingerprint density at radius 1 is 1.20 bits per heavy atom. The lowest BCUT2D eigenvalue weighted by Crippen LogP contribution is -2.56. The van der Waals surface area contributed by atoms with E-state index in [0.29, 0.717) is 42.3 Å². The Labute approximate surface area is 210 Å². The summed E-state index contributed by atoms with van der Waals surface area (Å²) in [6.07, 6.45) is -0.341. The zero-order chi connectivity index (χ0) is 25.6. The smallest absolute Gasteiger partial charge is 0.270 e. The molecule has 1 unspecified atom stereocenters. The predicted molar refractivity (Wildman–Crippen MR) is 133 cm³/mol. The van der Waals surface area contributed by atoms with Gasteiger partial charge in [-0.05, 0) is 56.5 Å². The zero-order valence-electron chi connectivity index (χ0n) is 19.8. The van der Waals surface area contributed by atoms with Crippen LogP contribution in [0.25, 0.3) is 0 Å². The second-order valence-corrected chi connectivity index (χ2v) is 13.2. The van der Waals surface area contributed by atoms with Gasteiger partial charge in [0.1, 0.15) is 11.4 Å². The molecule has 1 aromatic carbocycles. The number of nitrogens with two attached hydrogens (primary N) is 1. The van der Waals surface area contributed by atoms with Gasteiger partial charge in [0.25, 0.3) is 11.8 Å². The van der Waals surface area contributed by atoms with Crippen molar-refractivity contribution in [2.75, 3.05) is 19.6 Å². The van der Waals surface area contributed by atoms with Crippen LogP contribution in [0.15, 0.2) is 36.4 Å². The number of amides is 2. The van der Waals surface area contributed by atoms with E-state index < -0.39 is 25.4 Å². The number of nitrogens with zero attached hydrogens (tertiary/aromatic N) is 2. The Morgan fingerprint density at radius 2 is 1.86 bits per heavy atom. The molecule has 0 spiro atoms. The Bertz CT molecular complexity index is 1240. The molecule has 0 saturated heterocycles. The lowest BCUT2D eigenvalue weighted by atomic mass is 10.1. The molecular weight excluding hydrogens is 492 g/mol. The van der Waals surface area contributed by atoms with Crippen LogP contribution in [-0.2, 0) is 22.9 Å². The molecule has 35 heavy (non-hydrogen) atoms. The Balaban J connectivity index is 1.47. The van der Waals surface area contributed by atoms with Gasteiger partial charge in [-0.25, -0.2) is 8.42 Å². The molecule has 0 bridgehead atoms. The van der Waals surface area contributed by atoms with E-state index in [4.69, 9.17) is 17.3 Å². The van der Waals surface area contributed by atoms with Crippen molar-refractivity contribution in [3.63, 3.8) is 0 Å². The largest absolute Gasteiger partial charge is 0.390 e. The maximum Gasteiger partial charge on any atom is 0.270 e. The van der Waals surface area contributed by atoms with E-state index in [2.05, 4.69) is 5.32 Å². The maximum atomic E-state index is 13.4. The number of hydrogen-bond donors (Lipinski definition) is 3. The molecule has 1 aromatic heterocycles. The number of carbonyl (C=O) groups excluding carboxylic acids is 2. The van der Waals surface area contributed by atoms with E-state index in [9.17, 15) is 23.1 Å². The maximum absolute atomic E-state index is 13.4. The van der Waals surface area contributed by atoms with Crippen molar-refractivity contribution in [1.29, 1.82) is 0 Å². The molecule has 2 heterocycles. The summed E-state index contributed by atoms with van der Waals surface area (Å²) in [4.78, 5) is 27.6. The van der Waals surface area contributed by atoms with E-state index in [0.717, 1.165) is 5.56 Å². The van der Waals surface area contributed by atoms with E-state index in [1.165, 1.54) is 13.8 Å². The summed E-state index contributed by atoms with van der Waals surface area (Å²) in [6, 6.07) is 10.4. The quantitative estimate of drug-likeness (QED) is 0.457. The average Bonchev–Trinajstić information content (AvgIpc) is 3.50. The van der Waals surface area contributed by atoms with Crippen LogP contribution in [0.5, 0.6) is 0 Å². The highest BCUT2D eigenvalue weighted by Gasteiger charge is 2.62. The van der Waals surface area contributed by atoms with Crippen molar-refractivity contribution < 1.29 is 23.1 Å². The van der Waals surface area contributed by atoms with Crippen LogP contribution in [0.2, 0.25) is 5.02 Å². The lowest BCUT2D eigenvalue weighted by Gasteiger charge is -2.37. The topological polar surface area (TPSA) is 135 Å². The molecule has 1 aliphatic heterocycles. The van der Waals surface area contributed by atoms with Crippen LogP contribution in [0, 0.1) is 0 Å². The summed E-state index contributed by atoms with van der Waals surface area (Å²) in [5, 5.41) is 13.7. The highest BCUT2D eigenvalue weighted by atomic mass is 35.5. The molecule has 190 valence electrons. The first-order valence-electron chi connectivity index (χ1n) is 11.6. The summed E-state index contributed by atoms with van der Waals surface area (Å²) in [6.45, 7) is 3.84. The molecule has 2 aromatic rings. The third-order valence-electron chi connectivity index (χ3n) is 7.25. The number of halogens is 1. The van der Waals surface area contributed by atoms with Crippen LogP contribution in [0.4, 0.5) is 0 Å². The molecule has 4 rings (SSSR count). The van der Waals surface area contributed by atoms with Gasteiger partial charge in [0.15, 0.2) is 9.84 Å². The number of rotatable bonds is 9. The number of nitrogens with one attached hydrogen (secondary N) is 1. The van der Waals surface area contributed by atoms with Crippen LogP contribution in [-0.4, -0.2) is 70.0 Å². The second-order valence-electron chi connectivity index (χ2n) is 9.83. The molecule has 2 amide bonds. The van der Waals surface area contributed by atoms with Crippen LogP contribution < -0.4 is 11.1 Å². The van der Waals surface area contributed by atoms with Gasteiger partial charge < -0.3 is 25.6 Å². The number of benzene rings is 1. The van der Waals surface area contributed by atoms with Crippen molar-refractivity contribution in [2.45, 2.75) is 55.4 Å². The molecule has 1 fully saturated rings. The van der Waals surface area contributed by atoms with Gasteiger partial charge in [-0.3, -0.25) is 9.59 Å². The number of aromatic nitrogens is 1. The first-order valence-corrected chi connectivity index (χ1v) is 13.4. The van der Waals surface area contributed by atoms with Gasteiger partial charge in [0.05, 0.1) is 15.6 Å². The SMILES string of the molecule is CC(C)(C(O)CN)S(=O)(=O)C1(CN2CCn3c(C(=O)NCc4ccc(Cl)cc4)ccc3C2=O)CC1. The standard InChI is InChI=1S/C24H31ClN4O5S/c1-23(2,20(30)13-26)35(33,34)24(9-10-24)15-28-11-12-29-18(7-8-19(29)22(28)32)21(31)27-14-16-3-5-17(25)6-4-16/h3-8,20,30H,9-15,26H2,1-2H3,(H,27,31). The molecule has 1 atom stereocenters. The second kappa shape index (κ2) is 9.24. The fourth-order valence-electron chi connectivity index (χ4n) is 4.62. The number of aliphatic hydroxyl groups excluding tert-OH is 1. The summed E-state index contributed by atoms with van der Waals surface area (Å²) < 4.78 is 26.1. The summed E-state index contributed by atoms with van der Waals surface area (Å²) in [5.74, 6) is -0.613. The lowest BCUT2D eigenvalue weighted by molar-refractivity contribution is 0.0697. The van der Waals surface area contributed by atoms with E-state index in [1.807, 2.05) is 12.1 Å². The molecular formula is C24H31ClN4O5S. The fourth-order valence-corrected chi connectivity index (χ4v) is 7.29. The van der Waals surface area contributed by atoms with Gasteiger partial charge in [-0.1, -0.05) is 23.7 Å². The summed E-state index contributed by atoms with van der Waals surface area (Å²) in [5.41, 5.74) is 7.17. The number of fused-ring (bicyclic) bond motifs is 1. The van der Waals surface area contributed by atoms with Crippen molar-refractivity contribution in [3.05, 3.63) is 58.4 Å². The molecule has 4 N–H and O–H groups in total. The Kier molecular flexibility index (Phi) is 6.78. The van der Waals surface area contributed by atoms with Gasteiger partial charge in [-0.2, -0.15) is 0 Å². The molecule has 0 radical (unpaired) electrons. The van der Waals surface area contributed by atoms with Crippen LogP contribution in [0.1, 0.15) is 53.2 Å². The molecule has 1 saturated carbocycles. The van der Waals surface area contributed by atoms with Crippen molar-refractivity contribution in [2.24, 2.45) is 5.73 Å². The number of hydrogen-bond acceptors (Lipinski definition) is 6.